The minimum atomic E-state index is -1.38. The lowest BCUT2D eigenvalue weighted by atomic mass is 9.94. The van der Waals surface area contributed by atoms with Crippen molar-refractivity contribution in [3.8, 4) is 0 Å². The Kier molecular flexibility index (Phi) is 12.2. The number of hydrogen-bond acceptors (Lipinski definition) is 12. The Morgan fingerprint density at radius 1 is 0.605 bits per heavy atom. The van der Waals surface area contributed by atoms with Crippen molar-refractivity contribution in [3.05, 3.63) is 58.7 Å². The third kappa shape index (κ3) is 9.71. The lowest BCUT2D eigenvalue weighted by molar-refractivity contribution is -0.143. The van der Waals surface area contributed by atoms with E-state index in [-0.39, 0.29) is 33.4 Å². The van der Waals surface area contributed by atoms with Crippen LogP contribution in [0.2, 0.25) is 0 Å². The van der Waals surface area contributed by atoms with Crippen molar-refractivity contribution in [2.75, 3.05) is 26.4 Å². The second kappa shape index (κ2) is 14.5. The van der Waals surface area contributed by atoms with Crippen LogP contribution in [0.15, 0.2) is 36.4 Å². The van der Waals surface area contributed by atoms with E-state index in [9.17, 15) is 39.0 Å². The summed E-state index contributed by atoms with van der Waals surface area (Å²) in [5.41, 5.74) is -1.03. The molecule has 0 aliphatic carbocycles. The van der Waals surface area contributed by atoms with Crippen LogP contribution in [0, 0.1) is 0 Å². The topological polar surface area (TPSA) is 180 Å². The zero-order chi connectivity index (χ0) is 29.2. The third-order valence-electron chi connectivity index (χ3n) is 4.68. The molecule has 1 rings (SSSR count). The Hall–Kier alpha value is -4.16. The van der Waals surface area contributed by atoms with Crippen LogP contribution in [0.4, 0.5) is 0 Å². The zero-order valence-electron chi connectivity index (χ0n) is 21.5. The molecule has 2 N–H and O–H groups in total. The molecule has 0 aliphatic heterocycles. The largest absolute Gasteiger partial charge is 0.459 e. The van der Waals surface area contributed by atoms with Gasteiger partial charge in [0, 0.05) is 22.3 Å². The molecule has 2 atom stereocenters. The van der Waals surface area contributed by atoms with Crippen molar-refractivity contribution >= 4 is 35.4 Å². The van der Waals surface area contributed by atoms with Crippen molar-refractivity contribution in [1.82, 2.24) is 0 Å². The first-order valence-corrected chi connectivity index (χ1v) is 11.2. The van der Waals surface area contributed by atoms with E-state index in [1.165, 1.54) is 13.8 Å². The molecule has 0 saturated carbocycles. The van der Waals surface area contributed by atoms with Crippen molar-refractivity contribution in [1.29, 1.82) is 0 Å². The summed E-state index contributed by atoms with van der Waals surface area (Å²) < 4.78 is 19.5. The molecule has 0 aromatic heterocycles. The van der Waals surface area contributed by atoms with Crippen LogP contribution in [-0.2, 0) is 28.5 Å². The lowest BCUT2D eigenvalue weighted by Gasteiger charge is -2.16. The molecule has 0 heterocycles. The molecule has 38 heavy (non-hydrogen) atoms. The van der Waals surface area contributed by atoms with Crippen molar-refractivity contribution in [2.24, 2.45) is 0 Å². The number of aliphatic hydroxyl groups excluding tert-OH is 2. The standard InChI is InChI=1S/C26H30O12/c1-13(2)23(31)35-9-17(29)11-37-25(33)21-7-20(16(6)28)22(8-19(21)15(5)27)26(34)38-12-18(30)10-36-24(32)14(3)4/h7-8,17-18,29-30H,1,3,9-12H2,2,4-6H3. The summed E-state index contributed by atoms with van der Waals surface area (Å²) in [6.07, 6.45) is -2.77. The predicted molar refractivity (Wildman–Crippen MR) is 131 cm³/mol. The highest BCUT2D eigenvalue weighted by Gasteiger charge is 2.26. The van der Waals surface area contributed by atoms with Crippen molar-refractivity contribution < 1.29 is 57.9 Å². The quantitative estimate of drug-likeness (QED) is 0.152. The predicted octanol–water partition coefficient (Wildman–Crippen LogP) is 1.37. The Morgan fingerprint density at radius 3 is 1.16 bits per heavy atom. The Bertz CT molecular complexity index is 1060. The highest BCUT2D eigenvalue weighted by molar-refractivity contribution is 6.12. The van der Waals surface area contributed by atoms with Gasteiger partial charge in [-0.15, -0.1) is 0 Å². The molecule has 0 spiro atoms. The first-order valence-electron chi connectivity index (χ1n) is 11.2. The second-order valence-electron chi connectivity index (χ2n) is 8.32. The average Bonchev–Trinajstić information content (AvgIpc) is 2.85. The lowest BCUT2D eigenvalue weighted by Crippen LogP contribution is -2.27. The molecule has 1 aromatic carbocycles. The van der Waals surface area contributed by atoms with Crippen LogP contribution < -0.4 is 0 Å². The molecule has 0 fully saturated rings. The van der Waals surface area contributed by atoms with E-state index in [0.717, 1.165) is 26.0 Å². The first-order chi connectivity index (χ1) is 17.6. The van der Waals surface area contributed by atoms with Gasteiger partial charge in [0.05, 0.1) is 11.1 Å². The fourth-order valence-corrected chi connectivity index (χ4v) is 2.71. The number of esters is 4. The average molecular weight is 535 g/mol. The monoisotopic (exact) mass is 534 g/mol. The van der Waals surface area contributed by atoms with E-state index in [1.54, 1.807) is 0 Å². The summed E-state index contributed by atoms with van der Waals surface area (Å²) in [4.78, 5) is 72.5. The Labute approximate surface area is 218 Å². The maximum Gasteiger partial charge on any atom is 0.338 e. The first kappa shape index (κ1) is 31.9. The summed E-state index contributed by atoms with van der Waals surface area (Å²) in [6.45, 7) is 9.64. The van der Waals surface area contributed by atoms with Crippen LogP contribution in [-0.4, -0.2) is 84.3 Å². The summed E-state index contributed by atoms with van der Waals surface area (Å²) in [6, 6.07) is 1.97. The molecule has 0 radical (unpaired) electrons. The zero-order valence-corrected chi connectivity index (χ0v) is 21.5. The van der Waals surface area contributed by atoms with Crippen LogP contribution in [0.1, 0.15) is 69.1 Å². The van der Waals surface area contributed by atoms with Gasteiger partial charge >= 0.3 is 23.9 Å². The summed E-state index contributed by atoms with van der Waals surface area (Å²) >= 11 is 0. The fraction of sp³-hybridized carbons (Fsp3) is 0.385. The van der Waals surface area contributed by atoms with Crippen LogP contribution in [0.3, 0.4) is 0 Å². The van der Waals surface area contributed by atoms with E-state index >= 15 is 0 Å². The summed E-state index contributed by atoms with van der Waals surface area (Å²) in [5, 5.41) is 19.8. The molecular formula is C26H30O12. The van der Waals surface area contributed by atoms with E-state index in [2.05, 4.69) is 13.2 Å². The highest BCUT2D eigenvalue weighted by Crippen LogP contribution is 2.21. The minimum Gasteiger partial charge on any atom is -0.459 e. The van der Waals surface area contributed by atoms with Crippen molar-refractivity contribution in [3.63, 3.8) is 0 Å². The minimum absolute atomic E-state index is 0.108. The van der Waals surface area contributed by atoms with Gasteiger partial charge in [-0.2, -0.15) is 0 Å². The van der Waals surface area contributed by atoms with Gasteiger partial charge in [-0.25, -0.2) is 19.2 Å². The number of benzene rings is 1. The number of ether oxygens (including phenoxy) is 4. The molecule has 206 valence electrons. The van der Waals surface area contributed by atoms with Gasteiger partial charge in [-0.05, 0) is 39.8 Å². The number of Topliss-reactive ketones (excluding diaryl/α,β-unsaturated/α-hetero) is 2. The molecular weight excluding hydrogens is 504 g/mol. The molecule has 2 unspecified atom stereocenters. The van der Waals surface area contributed by atoms with Gasteiger partial charge in [-0.3, -0.25) is 9.59 Å². The van der Waals surface area contributed by atoms with Gasteiger partial charge in [0.1, 0.15) is 38.6 Å². The molecule has 12 nitrogen and oxygen atoms in total. The number of hydrogen-bond donors (Lipinski definition) is 2. The molecule has 1 aromatic rings. The van der Waals surface area contributed by atoms with Gasteiger partial charge < -0.3 is 29.2 Å². The van der Waals surface area contributed by atoms with Gasteiger partial charge in [0.15, 0.2) is 11.6 Å². The van der Waals surface area contributed by atoms with E-state index in [1.807, 2.05) is 0 Å². The van der Waals surface area contributed by atoms with Crippen LogP contribution in [0.5, 0.6) is 0 Å². The Morgan fingerprint density at radius 2 is 0.895 bits per heavy atom. The second-order valence-corrected chi connectivity index (χ2v) is 8.32. The maximum absolute atomic E-state index is 12.7. The number of carbonyl (C=O) groups is 6. The molecule has 0 bridgehead atoms. The number of aliphatic hydroxyl groups is 2. The molecule has 0 amide bonds. The molecule has 0 aliphatic rings. The van der Waals surface area contributed by atoms with Crippen LogP contribution in [0.25, 0.3) is 0 Å². The third-order valence-corrected chi connectivity index (χ3v) is 4.68. The molecule has 12 heteroatoms. The van der Waals surface area contributed by atoms with E-state index in [0.29, 0.717) is 0 Å². The normalized spacial score (nSPS) is 11.9. The van der Waals surface area contributed by atoms with Gasteiger partial charge in [-0.1, -0.05) is 13.2 Å². The summed E-state index contributed by atoms with van der Waals surface area (Å²) in [5.74, 6) is -4.96. The van der Waals surface area contributed by atoms with E-state index in [4.69, 9.17) is 18.9 Å². The maximum atomic E-state index is 12.7. The fourth-order valence-electron chi connectivity index (χ4n) is 2.71. The van der Waals surface area contributed by atoms with Gasteiger partial charge in [0.2, 0.25) is 0 Å². The Balaban J connectivity index is 3.04. The molecule has 0 saturated heterocycles. The van der Waals surface area contributed by atoms with E-state index < -0.39 is 74.1 Å². The number of ketones is 2. The highest BCUT2D eigenvalue weighted by atomic mass is 16.6. The summed E-state index contributed by atoms with van der Waals surface area (Å²) in [7, 11) is 0. The SMILES string of the molecule is C=C(C)C(=O)OCC(O)COC(=O)c1cc(C(C)=O)c(C(=O)OCC(O)COC(=O)C(=C)C)cc1C(C)=O. The van der Waals surface area contributed by atoms with Crippen LogP contribution >= 0.6 is 0 Å². The number of carbonyl (C=O) groups excluding carboxylic acids is 6. The smallest absolute Gasteiger partial charge is 0.338 e. The number of rotatable bonds is 14. The van der Waals surface area contributed by atoms with Crippen molar-refractivity contribution in [2.45, 2.75) is 39.9 Å². The van der Waals surface area contributed by atoms with Gasteiger partial charge in [0.25, 0.3) is 0 Å².